The average molecular weight is 550 g/mol. The SMILES string of the molecule is CCN1CCCC1CNC(=NC)NCC1CCN(c2ccc(Br)cc2)C1.I. The number of guanidine groups is 1. The highest BCUT2D eigenvalue weighted by molar-refractivity contribution is 14.0. The zero-order chi connectivity index (χ0) is 18.4. The Hall–Kier alpha value is -0.540. The van der Waals surface area contributed by atoms with Gasteiger partial charge in [-0.25, -0.2) is 0 Å². The van der Waals surface area contributed by atoms with Gasteiger partial charge in [0.15, 0.2) is 5.96 Å². The summed E-state index contributed by atoms with van der Waals surface area (Å²) < 4.78 is 1.14. The number of benzene rings is 1. The number of nitrogens with zero attached hydrogens (tertiary/aromatic N) is 3. The van der Waals surface area contributed by atoms with Crippen molar-refractivity contribution in [1.82, 2.24) is 15.5 Å². The molecule has 1 aromatic rings. The molecule has 2 saturated heterocycles. The Morgan fingerprint density at radius 1 is 1.15 bits per heavy atom. The van der Waals surface area contributed by atoms with Gasteiger partial charge >= 0.3 is 0 Å². The molecule has 2 fully saturated rings. The average Bonchev–Trinajstić information content (AvgIpc) is 3.31. The Labute approximate surface area is 189 Å². The molecule has 0 aliphatic carbocycles. The third-order valence-corrected chi connectivity index (χ3v) is 6.20. The first-order valence-corrected chi connectivity index (χ1v) is 10.7. The van der Waals surface area contributed by atoms with E-state index in [4.69, 9.17) is 0 Å². The van der Waals surface area contributed by atoms with Crippen LogP contribution in [-0.2, 0) is 0 Å². The first-order valence-electron chi connectivity index (χ1n) is 9.88. The summed E-state index contributed by atoms with van der Waals surface area (Å²) in [4.78, 5) is 9.45. The van der Waals surface area contributed by atoms with Crippen LogP contribution in [0.1, 0.15) is 26.2 Å². The van der Waals surface area contributed by atoms with E-state index in [2.05, 4.69) is 72.5 Å². The van der Waals surface area contributed by atoms with Crippen LogP contribution < -0.4 is 15.5 Å². The van der Waals surface area contributed by atoms with Crippen molar-refractivity contribution in [3.63, 3.8) is 0 Å². The van der Waals surface area contributed by atoms with E-state index in [0.29, 0.717) is 12.0 Å². The maximum Gasteiger partial charge on any atom is 0.191 e. The summed E-state index contributed by atoms with van der Waals surface area (Å²) in [6, 6.07) is 9.28. The predicted molar refractivity (Wildman–Crippen MR) is 130 cm³/mol. The van der Waals surface area contributed by atoms with E-state index in [1.165, 1.54) is 31.5 Å². The van der Waals surface area contributed by atoms with Gasteiger partial charge < -0.3 is 15.5 Å². The molecule has 0 spiro atoms. The van der Waals surface area contributed by atoms with Crippen LogP contribution in [0.25, 0.3) is 0 Å². The highest BCUT2D eigenvalue weighted by Crippen LogP contribution is 2.25. The maximum atomic E-state index is 4.40. The van der Waals surface area contributed by atoms with Crippen molar-refractivity contribution < 1.29 is 0 Å². The number of likely N-dealkylation sites (N-methyl/N-ethyl adjacent to an activating group) is 1. The van der Waals surface area contributed by atoms with Crippen molar-refractivity contribution in [3.05, 3.63) is 28.7 Å². The summed E-state index contributed by atoms with van der Waals surface area (Å²) in [6.07, 6.45) is 3.84. The molecule has 2 atom stereocenters. The number of anilines is 1. The molecule has 27 heavy (non-hydrogen) atoms. The third kappa shape index (κ3) is 6.49. The lowest BCUT2D eigenvalue weighted by Crippen LogP contribution is -2.46. The summed E-state index contributed by atoms with van der Waals surface area (Å²) in [6.45, 7) is 8.85. The molecule has 0 amide bonds. The number of hydrogen-bond acceptors (Lipinski definition) is 3. The molecule has 5 nitrogen and oxygen atoms in total. The predicted octanol–water partition coefficient (Wildman–Crippen LogP) is 3.54. The zero-order valence-corrected chi connectivity index (χ0v) is 20.4. The van der Waals surface area contributed by atoms with Crippen molar-refractivity contribution >= 4 is 51.6 Å². The molecular weight excluding hydrogens is 517 g/mol. The van der Waals surface area contributed by atoms with E-state index >= 15 is 0 Å². The molecule has 0 radical (unpaired) electrons. The Morgan fingerprint density at radius 2 is 1.89 bits per heavy atom. The fourth-order valence-corrected chi connectivity index (χ4v) is 4.37. The molecule has 2 heterocycles. The second-order valence-electron chi connectivity index (χ2n) is 7.34. The van der Waals surface area contributed by atoms with Gasteiger partial charge in [0, 0.05) is 49.4 Å². The van der Waals surface area contributed by atoms with Crippen molar-refractivity contribution in [1.29, 1.82) is 0 Å². The molecular formula is C20H33BrIN5. The van der Waals surface area contributed by atoms with E-state index in [-0.39, 0.29) is 24.0 Å². The first kappa shape index (κ1) is 22.7. The van der Waals surface area contributed by atoms with Crippen LogP contribution in [0.5, 0.6) is 0 Å². The summed E-state index contributed by atoms with van der Waals surface area (Å²) in [5, 5.41) is 7.06. The number of rotatable bonds is 6. The molecule has 0 aromatic heterocycles. The molecule has 1 aromatic carbocycles. The summed E-state index contributed by atoms with van der Waals surface area (Å²) >= 11 is 3.51. The molecule has 0 saturated carbocycles. The Morgan fingerprint density at radius 3 is 2.59 bits per heavy atom. The van der Waals surface area contributed by atoms with Gasteiger partial charge in [0.1, 0.15) is 0 Å². The van der Waals surface area contributed by atoms with Crippen LogP contribution in [0.2, 0.25) is 0 Å². The number of likely N-dealkylation sites (tertiary alicyclic amines) is 1. The molecule has 7 heteroatoms. The number of halogens is 2. The highest BCUT2D eigenvalue weighted by atomic mass is 127. The van der Waals surface area contributed by atoms with Crippen molar-refractivity contribution in [2.24, 2.45) is 10.9 Å². The minimum Gasteiger partial charge on any atom is -0.371 e. The quantitative estimate of drug-likeness (QED) is 0.323. The van der Waals surface area contributed by atoms with Crippen LogP contribution in [0, 0.1) is 5.92 Å². The molecule has 152 valence electrons. The second kappa shape index (κ2) is 11.5. The normalized spacial score (nSPS) is 23.4. The van der Waals surface area contributed by atoms with E-state index < -0.39 is 0 Å². The van der Waals surface area contributed by atoms with E-state index in [9.17, 15) is 0 Å². The summed E-state index contributed by atoms with van der Waals surface area (Å²) in [5.74, 6) is 1.60. The molecule has 2 aliphatic rings. The van der Waals surface area contributed by atoms with E-state index in [1.54, 1.807) is 0 Å². The maximum absolute atomic E-state index is 4.40. The van der Waals surface area contributed by atoms with Gasteiger partial charge in [0.2, 0.25) is 0 Å². The first-order chi connectivity index (χ1) is 12.7. The van der Waals surface area contributed by atoms with Crippen molar-refractivity contribution in [3.8, 4) is 0 Å². The lowest BCUT2D eigenvalue weighted by molar-refractivity contribution is 0.267. The van der Waals surface area contributed by atoms with Gasteiger partial charge in [-0.15, -0.1) is 24.0 Å². The zero-order valence-electron chi connectivity index (χ0n) is 16.5. The third-order valence-electron chi connectivity index (χ3n) is 5.67. The standard InChI is InChI=1S/C20H32BrN5.HI/c1-3-25-11-4-5-19(25)14-24-20(22-2)23-13-16-10-12-26(15-16)18-8-6-17(21)7-9-18;/h6-9,16,19H,3-5,10-15H2,1-2H3,(H2,22,23,24);1H. The Balaban J connectivity index is 0.00000261. The molecule has 2 aliphatic heterocycles. The van der Waals surface area contributed by atoms with Gasteiger partial charge in [-0.1, -0.05) is 22.9 Å². The lowest BCUT2D eigenvalue weighted by Gasteiger charge is -2.24. The minimum absolute atomic E-state index is 0. The summed E-state index contributed by atoms with van der Waals surface area (Å²) in [7, 11) is 1.87. The van der Waals surface area contributed by atoms with Gasteiger partial charge in [0.25, 0.3) is 0 Å². The van der Waals surface area contributed by atoms with Gasteiger partial charge in [-0.05, 0) is 62.5 Å². The van der Waals surface area contributed by atoms with E-state index in [1.807, 2.05) is 7.05 Å². The fourth-order valence-electron chi connectivity index (χ4n) is 4.10. The largest absolute Gasteiger partial charge is 0.371 e. The minimum atomic E-state index is 0. The van der Waals surface area contributed by atoms with Crippen LogP contribution in [0.3, 0.4) is 0 Å². The number of aliphatic imine (C=N–C) groups is 1. The van der Waals surface area contributed by atoms with Crippen LogP contribution in [-0.4, -0.2) is 63.2 Å². The topological polar surface area (TPSA) is 42.9 Å². The Kier molecular flexibility index (Phi) is 9.65. The number of hydrogen-bond donors (Lipinski definition) is 2. The Bertz CT molecular complexity index is 595. The fraction of sp³-hybridized carbons (Fsp3) is 0.650. The highest BCUT2D eigenvalue weighted by Gasteiger charge is 2.24. The molecule has 2 unspecified atom stereocenters. The number of nitrogens with one attached hydrogen (secondary N) is 2. The molecule has 0 bridgehead atoms. The lowest BCUT2D eigenvalue weighted by atomic mass is 10.1. The molecule has 2 N–H and O–H groups in total. The smallest absolute Gasteiger partial charge is 0.191 e. The van der Waals surface area contributed by atoms with Crippen LogP contribution in [0.4, 0.5) is 5.69 Å². The van der Waals surface area contributed by atoms with Crippen molar-refractivity contribution in [2.75, 3.05) is 51.2 Å². The van der Waals surface area contributed by atoms with Crippen LogP contribution >= 0.6 is 39.9 Å². The summed E-state index contributed by atoms with van der Waals surface area (Å²) in [5.41, 5.74) is 1.32. The van der Waals surface area contributed by atoms with Crippen molar-refractivity contribution in [2.45, 2.75) is 32.2 Å². The van der Waals surface area contributed by atoms with Gasteiger partial charge in [-0.3, -0.25) is 9.89 Å². The van der Waals surface area contributed by atoms with Crippen LogP contribution in [0.15, 0.2) is 33.7 Å². The molecule has 3 rings (SSSR count). The van der Waals surface area contributed by atoms with Gasteiger partial charge in [-0.2, -0.15) is 0 Å². The monoisotopic (exact) mass is 549 g/mol. The van der Waals surface area contributed by atoms with E-state index in [0.717, 1.165) is 43.2 Å². The second-order valence-corrected chi connectivity index (χ2v) is 8.25. The van der Waals surface area contributed by atoms with Gasteiger partial charge in [0.05, 0.1) is 0 Å².